The largest absolute Gasteiger partial charge is 0.489 e. The normalized spacial score (nSPS) is 17.3. The lowest BCUT2D eigenvalue weighted by Crippen LogP contribution is -2.32. The van der Waals surface area contributed by atoms with Gasteiger partial charge < -0.3 is 14.8 Å². The Morgan fingerprint density at radius 1 is 1.14 bits per heavy atom. The fraction of sp³-hybridized carbons (Fsp3) is 0.333. The molecule has 0 bridgehead atoms. The van der Waals surface area contributed by atoms with Gasteiger partial charge in [-0.1, -0.05) is 36.4 Å². The number of benzene rings is 2. The molecule has 0 radical (unpaired) electrons. The number of methoxy groups -OCH3 is 1. The first-order chi connectivity index (χ1) is 10.4. The quantitative estimate of drug-likeness (QED) is 0.914. The molecular weight excluding hydrogens is 262 g/mol. The van der Waals surface area contributed by atoms with Crippen LogP contribution >= 0.6 is 0 Å². The highest BCUT2D eigenvalue weighted by Gasteiger charge is 2.20. The Balaban J connectivity index is 1.73. The van der Waals surface area contributed by atoms with Crippen molar-refractivity contribution in [1.29, 1.82) is 0 Å². The Hall–Kier alpha value is -1.84. The maximum atomic E-state index is 5.92. The first-order valence-corrected chi connectivity index (χ1v) is 7.38. The third-order valence-corrected chi connectivity index (χ3v) is 3.86. The van der Waals surface area contributed by atoms with E-state index in [9.17, 15) is 0 Å². The lowest BCUT2D eigenvalue weighted by molar-refractivity contribution is 0.164. The molecule has 110 valence electrons. The standard InChI is InChI=1S/C18H21NO2/c1-20-13-18-17-11-16(8-7-15(17)9-10-19-18)21-12-14-5-3-2-4-6-14/h2-8,11,18-19H,9-10,12-13H2,1H3. The van der Waals surface area contributed by atoms with Crippen molar-refractivity contribution in [2.45, 2.75) is 19.1 Å². The molecule has 3 rings (SSSR count). The molecule has 0 aliphatic carbocycles. The zero-order valence-electron chi connectivity index (χ0n) is 12.3. The number of hydrogen-bond acceptors (Lipinski definition) is 3. The van der Waals surface area contributed by atoms with Crippen molar-refractivity contribution in [3.05, 3.63) is 65.2 Å². The van der Waals surface area contributed by atoms with Gasteiger partial charge in [0.25, 0.3) is 0 Å². The molecular formula is C18H21NO2. The highest BCUT2D eigenvalue weighted by molar-refractivity contribution is 5.39. The Morgan fingerprint density at radius 3 is 2.81 bits per heavy atom. The van der Waals surface area contributed by atoms with Crippen LogP contribution in [-0.2, 0) is 17.8 Å². The highest BCUT2D eigenvalue weighted by atomic mass is 16.5. The van der Waals surface area contributed by atoms with Crippen LogP contribution in [-0.4, -0.2) is 20.3 Å². The number of fused-ring (bicyclic) bond motifs is 1. The first kappa shape index (κ1) is 14.1. The summed E-state index contributed by atoms with van der Waals surface area (Å²) >= 11 is 0. The number of ether oxygens (including phenoxy) is 2. The molecule has 1 aliphatic rings. The van der Waals surface area contributed by atoms with Crippen molar-refractivity contribution in [2.24, 2.45) is 0 Å². The van der Waals surface area contributed by atoms with Crippen molar-refractivity contribution in [1.82, 2.24) is 5.32 Å². The van der Waals surface area contributed by atoms with E-state index in [-0.39, 0.29) is 6.04 Å². The predicted molar refractivity (Wildman–Crippen MR) is 83.5 cm³/mol. The van der Waals surface area contributed by atoms with Gasteiger partial charge >= 0.3 is 0 Å². The number of rotatable bonds is 5. The summed E-state index contributed by atoms with van der Waals surface area (Å²) in [5.74, 6) is 0.919. The molecule has 0 aromatic heterocycles. The monoisotopic (exact) mass is 283 g/mol. The SMILES string of the molecule is COCC1NCCc2ccc(OCc3ccccc3)cc21. The molecule has 0 fully saturated rings. The molecule has 3 heteroatoms. The van der Waals surface area contributed by atoms with Gasteiger partial charge in [0.1, 0.15) is 12.4 Å². The van der Waals surface area contributed by atoms with Crippen molar-refractivity contribution < 1.29 is 9.47 Å². The average Bonchev–Trinajstić information content (AvgIpc) is 2.54. The van der Waals surface area contributed by atoms with Gasteiger partial charge in [-0.2, -0.15) is 0 Å². The summed E-state index contributed by atoms with van der Waals surface area (Å²) in [6.45, 7) is 2.29. The average molecular weight is 283 g/mol. The fourth-order valence-electron chi connectivity index (χ4n) is 2.76. The zero-order valence-corrected chi connectivity index (χ0v) is 12.3. The predicted octanol–water partition coefficient (Wildman–Crippen LogP) is 3.10. The van der Waals surface area contributed by atoms with E-state index in [1.807, 2.05) is 18.2 Å². The van der Waals surface area contributed by atoms with Crippen LogP contribution in [0, 0.1) is 0 Å². The van der Waals surface area contributed by atoms with Crippen LogP contribution < -0.4 is 10.1 Å². The maximum Gasteiger partial charge on any atom is 0.120 e. The van der Waals surface area contributed by atoms with Crippen LogP contribution in [0.1, 0.15) is 22.7 Å². The lowest BCUT2D eigenvalue weighted by atomic mass is 9.94. The van der Waals surface area contributed by atoms with Gasteiger partial charge in [0.2, 0.25) is 0 Å². The Labute approximate surface area is 125 Å². The van der Waals surface area contributed by atoms with Crippen molar-refractivity contribution in [3.8, 4) is 5.75 Å². The van der Waals surface area contributed by atoms with E-state index in [0.29, 0.717) is 13.2 Å². The van der Waals surface area contributed by atoms with Gasteiger partial charge in [0.15, 0.2) is 0 Å². The van der Waals surface area contributed by atoms with Crippen LogP contribution in [0.3, 0.4) is 0 Å². The second-order valence-electron chi connectivity index (χ2n) is 5.35. The van der Waals surface area contributed by atoms with E-state index in [4.69, 9.17) is 9.47 Å². The van der Waals surface area contributed by atoms with Gasteiger partial charge in [0, 0.05) is 7.11 Å². The lowest BCUT2D eigenvalue weighted by Gasteiger charge is -2.27. The molecule has 0 saturated heterocycles. The van der Waals surface area contributed by atoms with E-state index in [1.165, 1.54) is 16.7 Å². The minimum Gasteiger partial charge on any atom is -0.489 e. The van der Waals surface area contributed by atoms with Crippen molar-refractivity contribution in [2.75, 3.05) is 20.3 Å². The molecule has 0 saturated carbocycles. The van der Waals surface area contributed by atoms with Crippen molar-refractivity contribution in [3.63, 3.8) is 0 Å². The second kappa shape index (κ2) is 6.74. The summed E-state index contributed by atoms with van der Waals surface area (Å²) in [6.07, 6.45) is 1.06. The fourth-order valence-corrected chi connectivity index (χ4v) is 2.76. The minimum absolute atomic E-state index is 0.263. The van der Waals surface area contributed by atoms with Gasteiger partial charge in [-0.05, 0) is 41.8 Å². The number of hydrogen-bond donors (Lipinski definition) is 1. The Kier molecular flexibility index (Phi) is 4.53. The van der Waals surface area contributed by atoms with E-state index in [2.05, 4.69) is 35.6 Å². The van der Waals surface area contributed by atoms with E-state index < -0.39 is 0 Å². The zero-order chi connectivity index (χ0) is 14.5. The topological polar surface area (TPSA) is 30.5 Å². The number of nitrogens with one attached hydrogen (secondary N) is 1. The molecule has 2 aromatic carbocycles. The van der Waals surface area contributed by atoms with E-state index in [0.717, 1.165) is 18.7 Å². The van der Waals surface area contributed by atoms with Crippen LogP contribution in [0.5, 0.6) is 5.75 Å². The molecule has 3 nitrogen and oxygen atoms in total. The molecule has 1 unspecified atom stereocenters. The molecule has 1 N–H and O–H groups in total. The summed E-state index contributed by atoms with van der Waals surface area (Å²) in [7, 11) is 1.74. The molecule has 0 spiro atoms. The first-order valence-electron chi connectivity index (χ1n) is 7.38. The van der Waals surface area contributed by atoms with Gasteiger partial charge in [-0.15, -0.1) is 0 Å². The second-order valence-corrected chi connectivity index (χ2v) is 5.35. The molecule has 21 heavy (non-hydrogen) atoms. The summed E-state index contributed by atoms with van der Waals surface area (Å²) in [5, 5.41) is 3.50. The summed E-state index contributed by atoms with van der Waals surface area (Å²) < 4.78 is 11.2. The van der Waals surface area contributed by atoms with Crippen LogP contribution in [0.25, 0.3) is 0 Å². The molecule has 1 atom stereocenters. The van der Waals surface area contributed by atoms with E-state index >= 15 is 0 Å². The minimum atomic E-state index is 0.263. The molecule has 2 aromatic rings. The van der Waals surface area contributed by atoms with Crippen molar-refractivity contribution >= 4 is 0 Å². The summed E-state index contributed by atoms with van der Waals surface area (Å²) in [4.78, 5) is 0. The van der Waals surface area contributed by atoms with Crippen LogP contribution in [0.4, 0.5) is 0 Å². The molecule has 1 aliphatic heterocycles. The molecule has 0 amide bonds. The van der Waals surface area contributed by atoms with E-state index in [1.54, 1.807) is 7.11 Å². The van der Waals surface area contributed by atoms with Crippen LogP contribution in [0.15, 0.2) is 48.5 Å². The van der Waals surface area contributed by atoms with Gasteiger partial charge in [-0.25, -0.2) is 0 Å². The third-order valence-electron chi connectivity index (χ3n) is 3.86. The highest BCUT2D eigenvalue weighted by Crippen LogP contribution is 2.27. The van der Waals surface area contributed by atoms with Crippen LogP contribution in [0.2, 0.25) is 0 Å². The molecule has 1 heterocycles. The Bertz CT molecular complexity index is 583. The van der Waals surface area contributed by atoms with Gasteiger partial charge in [-0.3, -0.25) is 0 Å². The maximum absolute atomic E-state index is 5.92. The third kappa shape index (κ3) is 3.43. The van der Waals surface area contributed by atoms with Gasteiger partial charge in [0.05, 0.1) is 12.6 Å². The smallest absolute Gasteiger partial charge is 0.120 e. The summed E-state index contributed by atoms with van der Waals surface area (Å²) in [6, 6.07) is 16.9. The Morgan fingerprint density at radius 2 is 2.00 bits per heavy atom. The summed E-state index contributed by atoms with van der Waals surface area (Å²) in [5.41, 5.74) is 3.87.